The molecule has 3 nitrogen and oxygen atoms in total. The first-order valence-corrected chi connectivity index (χ1v) is 9.78. The van der Waals surface area contributed by atoms with E-state index in [9.17, 15) is 4.79 Å². The zero-order valence-corrected chi connectivity index (χ0v) is 16.5. The van der Waals surface area contributed by atoms with Crippen LogP contribution in [0.1, 0.15) is 25.8 Å². The lowest BCUT2D eigenvalue weighted by molar-refractivity contribution is -0.127. The number of aryl methyl sites for hydroxylation is 1. The third kappa shape index (κ3) is 5.71. The summed E-state index contributed by atoms with van der Waals surface area (Å²) >= 11 is 0. The lowest BCUT2D eigenvalue weighted by atomic mass is 10.1. The van der Waals surface area contributed by atoms with Gasteiger partial charge in [0.25, 0.3) is 5.91 Å². The number of carbonyl (C=O) groups excluding carboxylic acids is 1. The molecule has 0 unspecified atom stereocenters. The van der Waals surface area contributed by atoms with E-state index in [0.29, 0.717) is 5.75 Å². The molecule has 0 saturated carbocycles. The topological polar surface area (TPSA) is 38.3 Å². The van der Waals surface area contributed by atoms with Gasteiger partial charge in [-0.25, -0.2) is 0 Å². The summed E-state index contributed by atoms with van der Waals surface area (Å²) in [7, 11) is 0. The molecule has 1 amide bonds. The number of rotatable bonds is 8. The van der Waals surface area contributed by atoms with Gasteiger partial charge >= 0.3 is 0 Å². The van der Waals surface area contributed by atoms with Crippen molar-refractivity contribution < 1.29 is 9.53 Å². The van der Waals surface area contributed by atoms with Crippen molar-refractivity contribution in [3.05, 3.63) is 90.5 Å². The number of ether oxygens (including phenoxy) is 1. The van der Waals surface area contributed by atoms with E-state index < -0.39 is 6.10 Å². The first-order valence-electron chi connectivity index (χ1n) is 9.78. The fourth-order valence-corrected chi connectivity index (χ4v) is 3.07. The third-order valence-corrected chi connectivity index (χ3v) is 4.74. The molecule has 0 aromatic heterocycles. The van der Waals surface area contributed by atoms with Crippen LogP contribution in [-0.2, 0) is 11.2 Å². The zero-order chi connectivity index (χ0) is 19.8. The van der Waals surface area contributed by atoms with Crippen LogP contribution in [0.15, 0.2) is 84.9 Å². The highest BCUT2D eigenvalue weighted by atomic mass is 16.5. The first kappa shape index (κ1) is 19.7. The SMILES string of the molecule is C[C@@H](CCc1ccccc1)NC(=O)[C@@H](C)Oc1ccc(-c2ccccc2)cc1. The van der Waals surface area contributed by atoms with Crippen molar-refractivity contribution in [2.75, 3.05) is 0 Å². The van der Waals surface area contributed by atoms with Gasteiger partial charge in [-0.15, -0.1) is 0 Å². The fraction of sp³-hybridized carbons (Fsp3) is 0.240. The van der Waals surface area contributed by atoms with Gasteiger partial charge in [-0.2, -0.15) is 0 Å². The van der Waals surface area contributed by atoms with E-state index in [-0.39, 0.29) is 11.9 Å². The van der Waals surface area contributed by atoms with Crippen molar-refractivity contribution in [2.45, 2.75) is 38.8 Å². The second kappa shape index (κ2) is 9.75. The summed E-state index contributed by atoms with van der Waals surface area (Å²) in [6, 6.07) is 28.4. The molecule has 0 heterocycles. The van der Waals surface area contributed by atoms with Gasteiger partial charge in [-0.3, -0.25) is 4.79 Å². The quantitative estimate of drug-likeness (QED) is 0.585. The lowest BCUT2D eigenvalue weighted by Crippen LogP contribution is -2.41. The molecule has 0 spiro atoms. The molecular weight excluding hydrogens is 346 g/mol. The lowest BCUT2D eigenvalue weighted by Gasteiger charge is -2.19. The summed E-state index contributed by atoms with van der Waals surface area (Å²) in [5, 5.41) is 3.04. The number of nitrogens with one attached hydrogen (secondary N) is 1. The largest absolute Gasteiger partial charge is 0.481 e. The zero-order valence-electron chi connectivity index (χ0n) is 16.5. The van der Waals surface area contributed by atoms with Gasteiger partial charge in [0.2, 0.25) is 0 Å². The van der Waals surface area contributed by atoms with Gasteiger partial charge in [0.15, 0.2) is 6.10 Å². The summed E-state index contributed by atoms with van der Waals surface area (Å²) in [5.74, 6) is 0.604. The van der Waals surface area contributed by atoms with Crippen LogP contribution in [0.25, 0.3) is 11.1 Å². The molecule has 0 saturated heterocycles. The fourth-order valence-electron chi connectivity index (χ4n) is 3.07. The minimum Gasteiger partial charge on any atom is -0.481 e. The predicted molar refractivity (Wildman–Crippen MR) is 114 cm³/mol. The molecule has 0 aliphatic carbocycles. The van der Waals surface area contributed by atoms with Gasteiger partial charge in [-0.1, -0.05) is 72.8 Å². The molecule has 3 aromatic rings. The Morgan fingerprint density at radius 2 is 1.39 bits per heavy atom. The van der Waals surface area contributed by atoms with Crippen LogP contribution in [0.2, 0.25) is 0 Å². The molecule has 1 N–H and O–H groups in total. The molecule has 3 heteroatoms. The summed E-state index contributed by atoms with van der Waals surface area (Å²) in [6.07, 6.45) is 1.30. The summed E-state index contributed by atoms with van der Waals surface area (Å²) in [5.41, 5.74) is 3.57. The molecule has 0 aliphatic rings. The van der Waals surface area contributed by atoms with E-state index in [4.69, 9.17) is 4.74 Å². The maximum Gasteiger partial charge on any atom is 0.260 e. The molecule has 3 aromatic carbocycles. The molecule has 28 heavy (non-hydrogen) atoms. The van der Waals surface area contributed by atoms with Gasteiger partial charge in [0.1, 0.15) is 5.75 Å². The molecule has 144 valence electrons. The van der Waals surface area contributed by atoms with Gasteiger partial charge in [-0.05, 0) is 55.5 Å². The molecule has 2 atom stereocenters. The number of hydrogen-bond acceptors (Lipinski definition) is 2. The van der Waals surface area contributed by atoms with Crippen LogP contribution < -0.4 is 10.1 Å². The van der Waals surface area contributed by atoms with Gasteiger partial charge < -0.3 is 10.1 Å². The summed E-state index contributed by atoms with van der Waals surface area (Å²) in [6.45, 7) is 3.81. The van der Waals surface area contributed by atoms with Crippen molar-refractivity contribution in [3.63, 3.8) is 0 Å². The van der Waals surface area contributed by atoms with E-state index in [2.05, 4.69) is 29.6 Å². The highest BCUT2D eigenvalue weighted by Gasteiger charge is 2.17. The van der Waals surface area contributed by atoms with E-state index in [1.165, 1.54) is 5.56 Å². The van der Waals surface area contributed by atoms with E-state index in [1.807, 2.05) is 67.6 Å². The smallest absolute Gasteiger partial charge is 0.260 e. The molecule has 0 fully saturated rings. The Labute approximate surface area is 167 Å². The van der Waals surface area contributed by atoms with E-state index in [1.54, 1.807) is 6.92 Å². The van der Waals surface area contributed by atoms with Crippen LogP contribution >= 0.6 is 0 Å². The molecule has 3 rings (SSSR count). The van der Waals surface area contributed by atoms with Crippen molar-refractivity contribution in [1.29, 1.82) is 0 Å². The van der Waals surface area contributed by atoms with Crippen LogP contribution in [-0.4, -0.2) is 18.1 Å². The molecular formula is C25H27NO2. The Morgan fingerprint density at radius 1 is 0.821 bits per heavy atom. The van der Waals surface area contributed by atoms with Crippen LogP contribution in [0.3, 0.4) is 0 Å². The molecule has 0 radical (unpaired) electrons. The monoisotopic (exact) mass is 373 g/mol. The van der Waals surface area contributed by atoms with Crippen LogP contribution in [0.5, 0.6) is 5.75 Å². The van der Waals surface area contributed by atoms with Gasteiger partial charge in [0.05, 0.1) is 0 Å². The standard InChI is InChI=1S/C25H27NO2/c1-19(13-14-21-9-5-3-6-10-21)26-25(27)20(2)28-24-17-15-23(16-18-24)22-11-7-4-8-12-22/h3-12,15-20H,13-14H2,1-2H3,(H,26,27)/t19-,20+/m0/s1. The second-order valence-electron chi connectivity index (χ2n) is 7.08. The van der Waals surface area contributed by atoms with Crippen LogP contribution in [0, 0.1) is 0 Å². The maximum atomic E-state index is 12.4. The average Bonchev–Trinajstić information content (AvgIpc) is 2.74. The Kier molecular flexibility index (Phi) is 6.85. The summed E-state index contributed by atoms with van der Waals surface area (Å²) < 4.78 is 5.82. The van der Waals surface area contributed by atoms with Crippen molar-refractivity contribution >= 4 is 5.91 Å². The maximum absolute atomic E-state index is 12.4. The van der Waals surface area contributed by atoms with Crippen molar-refractivity contribution in [2.24, 2.45) is 0 Å². The number of amides is 1. The van der Waals surface area contributed by atoms with E-state index >= 15 is 0 Å². The molecule has 0 aliphatic heterocycles. The van der Waals surface area contributed by atoms with Crippen LogP contribution in [0.4, 0.5) is 0 Å². The Hall–Kier alpha value is -3.07. The molecule has 0 bridgehead atoms. The number of benzene rings is 3. The van der Waals surface area contributed by atoms with Crippen molar-refractivity contribution in [1.82, 2.24) is 5.32 Å². The second-order valence-corrected chi connectivity index (χ2v) is 7.08. The number of hydrogen-bond donors (Lipinski definition) is 1. The Bertz CT molecular complexity index is 860. The predicted octanol–water partition coefficient (Wildman–Crippen LogP) is 5.26. The highest BCUT2D eigenvalue weighted by molar-refractivity contribution is 5.81. The first-order chi connectivity index (χ1) is 13.6. The van der Waals surface area contributed by atoms with Gasteiger partial charge in [0, 0.05) is 6.04 Å². The Morgan fingerprint density at radius 3 is 2.04 bits per heavy atom. The minimum absolute atomic E-state index is 0.0901. The Balaban J connectivity index is 1.48. The normalized spacial score (nSPS) is 12.8. The highest BCUT2D eigenvalue weighted by Crippen LogP contribution is 2.22. The summed E-state index contributed by atoms with van der Waals surface area (Å²) in [4.78, 5) is 12.4. The minimum atomic E-state index is -0.540. The van der Waals surface area contributed by atoms with E-state index in [0.717, 1.165) is 24.0 Å². The van der Waals surface area contributed by atoms with Crippen molar-refractivity contribution in [3.8, 4) is 16.9 Å². The number of carbonyl (C=O) groups is 1. The average molecular weight is 373 g/mol. The third-order valence-electron chi connectivity index (χ3n) is 4.74.